The molecule has 2 saturated carbocycles. The average molecular weight is 788 g/mol. The van der Waals surface area contributed by atoms with Crippen molar-refractivity contribution in [2.24, 2.45) is 11.3 Å². The molecule has 1 aromatic carbocycles. The Hall–Kier alpha value is -4.52. The standard InChI is InChI=1S/C35H43F2N9O6S2/c1-34(2,3)27-31(48)45-17-22(15-25(45)30(47)40-35(16-24(35)28(36)37)32(49)43-54(50,51)23-11-12-23)46-42-29(41-44-46)20-10-13-26(52-4)19(14-20)8-6-5-7-9-21-18-53-33(38-21)39-27/h6,8,10,13-14,18,22-25,27-28H,5,7,9,11-12,15-17H2,1-4H3,(H,38,39)(H,40,47)(H,43,49)/b8-6+/t22-,24+,25+,27-,35-/m1/s1. The second-order valence-corrected chi connectivity index (χ2v) is 18.3. The molecule has 2 aliphatic heterocycles. The van der Waals surface area contributed by atoms with E-state index < -0.39 is 80.8 Å². The number of carbonyl (C=O) groups is 3. The quantitative estimate of drug-likeness (QED) is 0.318. The van der Waals surface area contributed by atoms with Crippen molar-refractivity contribution in [2.75, 3.05) is 19.0 Å². The fourth-order valence-electron chi connectivity index (χ4n) is 7.05. The number of fused-ring (bicyclic) bond motifs is 10. The molecule has 19 heteroatoms. The summed E-state index contributed by atoms with van der Waals surface area (Å²) in [6, 6.07) is 2.67. The Bertz CT molecular complexity index is 2080. The van der Waals surface area contributed by atoms with Crippen LogP contribution in [0, 0.1) is 11.3 Å². The van der Waals surface area contributed by atoms with Gasteiger partial charge in [0.15, 0.2) is 5.13 Å². The molecule has 1 saturated heterocycles. The van der Waals surface area contributed by atoms with Gasteiger partial charge in [0.05, 0.1) is 30.0 Å². The van der Waals surface area contributed by atoms with Gasteiger partial charge >= 0.3 is 0 Å². The lowest BCUT2D eigenvalue weighted by atomic mass is 9.85. The van der Waals surface area contributed by atoms with Crippen LogP contribution < -0.4 is 20.1 Å². The first-order valence-corrected chi connectivity index (χ1v) is 20.3. The van der Waals surface area contributed by atoms with Crippen LogP contribution in [0.4, 0.5) is 13.9 Å². The van der Waals surface area contributed by atoms with Gasteiger partial charge in [0.2, 0.25) is 34.1 Å². The Morgan fingerprint density at radius 1 is 1.20 bits per heavy atom. The van der Waals surface area contributed by atoms with E-state index in [2.05, 4.69) is 32.1 Å². The summed E-state index contributed by atoms with van der Waals surface area (Å²) >= 11 is 1.36. The SMILES string of the molecule is COc1ccc2cc1/C=C/CCCc1csc(n1)N[C@@H](C(C)(C)C)C(=O)N1C[C@@H](C[C@H]1C(=O)N[C@]1(C(=O)NS(=O)(=O)C3CC3)C[C@H]1C(F)F)n1nnc-2n1. The van der Waals surface area contributed by atoms with Crippen molar-refractivity contribution in [2.45, 2.75) is 101 Å². The van der Waals surface area contributed by atoms with Gasteiger partial charge in [-0.25, -0.2) is 22.2 Å². The lowest BCUT2D eigenvalue weighted by Crippen LogP contribution is -2.59. The zero-order valence-corrected chi connectivity index (χ0v) is 31.9. The van der Waals surface area contributed by atoms with Gasteiger partial charge in [-0.05, 0) is 67.4 Å². The molecular weight excluding hydrogens is 745 g/mol. The van der Waals surface area contributed by atoms with Crippen LogP contribution in [0.15, 0.2) is 29.7 Å². The molecule has 0 radical (unpaired) electrons. The molecule has 2 aliphatic carbocycles. The van der Waals surface area contributed by atoms with E-state index in [9.17, 15) is 31.6 Å². The van der Waals surface area contributed by atoms with E-state index >= 15 is 0 Å². The van der Waals surface area contributed by atoms with Crippen LogP contribution >= 0.6 is 11.3 Å². The van der Waals surface area contributed by atoms with Gasteiger partial charge in [0, 0.05) is 29.5 Å². The number of nitrogens with zero attached hydrogens (tertiary/aromatic N) is 6. The van der Waals surface area contributed by atoms with Crippen molar-refractivity contribution in [3.8, 4) is 17.1 Å². The first-order valence-electron chi connectivity index (χ1n) is 17.9. The molecule has 8 bridgehead atoms. The monoisotopic (exact) mass is 787 g/mol. The number of benzene rings is 1. The second kappa shape index (κ2) is 14.3. The van der Waals surface area contributed by atoms with Gasteiger partial charge in [0.25, 0.3) is 5.91 Å². The number of anilines is 1. The van der Waals surface area contributed by atoms with Crippen molar-refractivity contribution < 1.29 is 36.3 Å². The number of nitrogens with one attached hydrogen (secondary N) is 3. The largest absolute Gasteiger partial charge is 0.496 e. The molecule has 4 heterocycles. The first kappa shape index (κ1) is 37.8. The molecule has 290 valence electrons. The van der Waals surface area contributed by atoms with E-state index in [0.717, 1.165) is 24.1 Å². The summed E-state index contributed by atoms with van der Waals surface area (Å²) in [5.74, 6) is -3.20. The highest BCUT2D eigenvalue weighted by Crippen LogP contribution is 2.48. The molecular formula is C35H43F2N9O6S2. The second-order valence-electron chi connectivity index (χ2n) is 15.4. The molecule has 0 unspecified atom stereocenters. The van der Waals surface area contributed by atoms with E-state index in [1.165, 1.54) is 21.0 Å². The van der Waals surface area contributed by atoms with Gasteiger partial charge < -0.3 is 20.3 Å². The Morgan fingerprint density at radius 2 is 1.98 bits per heavy atom. The molecule has 0 spiro atoms. The fourth-order valence-corrected chi connectivity index (χ4v) is 9.19. The summed E-state index contributed by atoms with van der Waals surface area (Å²) in [5.41, 5.74) is -0.524. The van der Waals surface area contributed by atoms with Crippen LogP contribution in [0.1, 0.15) is 76.6 Å². The first-order chi connectivity index (χ1) is 25.6. The highest BCUT2D eigenvalue weighted by atomic mass is 32.2. The minimum absolute atomic E-state index is 0.0420. The van der Waals surface area contributed by atoms with Crippen LogP contribution in [-0.2, 0) is 30.8 Å². The molecule has 54 heavy (non-hydrogen) atoms. The van der Waals surface area contributed by atoms with Crippen LogP contribution in [0.5, 0.6) is 5.75 Å². The predicted molar refractivity (Wildman–Crippen MR) is 195 cm³/mol. The van der Waals surface area contributed by atoms with Crippen molar-refractivity contribution in [1.82, 2.24) is 40.1 Å². The number of carbonyl (C=O) groups excluding carboxylic acids is 3. The minimum Gasteiger partial charge on any atom is -0.496 e. The van der Waals surface area contributed by atoms with Crippen molar-refractivity contribution >= 4 is 50.3 Å². The number of halogens is 2. The summed E-state index contributed by atoms with van der Waals surface area (Å²) < 4.78 is 61.0. The van der Waals surface area contributed by atoms with Crippen LogP contribution in [0.3, 0.4) is 0 Å². The summed E-state index contributed by atoms with van der Waals surface area (Å²) in [7, 11) is -2.51. The van der Waals surface area contributed by atoms with Crippen LogP contribution in [-0.4, -0.2) is 99.2 Å². The number of aryl methyl sites for hydroxylation is 1. The highest BCUT2D eigenvalue weighted by Gasteiger charge is 2.66. The van der Waals surface area contributed by atoms with Gasteiger partial charge in [0.1, 0.15) is 23.4 Å². The number of hydrogen-bond acceptors (Lipinski definition) is 12. The molecule has 2 aromatic heterocycles. The van der Waals surface area contributed by atoms with Crippen molar-refractivity contribution in [3.63, 3.8) is 0 Å². The van der Waals surface area contributed by atoms with Crippen molar-refractivity contribution in [3.05, 3.63) is 40.9 Å². The van der Waals surface area contributed by atoms with Crippen molar-refractivity contribution in [1.29, 1.82) is 0 Å². The maximum Gasteiger partial charge on any atom is 0.259 e. The van der Waals surface area contributed by atoms with E-state index in [-0.39, 0.29) is 13.0 Å². The predicted octanol–water partition coefficient (Wildman–Crippen LogP) is 3.57. The van der Waals surface area contributed by atoms with Crippen LogP contribution in [0.25, 0.3) is 17.5 Å². The normalized spacial score (nSPS) is 26.5. The number of aromatic nitrogens is 5. The van der Waals surface area contributed by atoms with E-state index in [1.54, 1.807) is 19.2 Å². The number of ether oxygens (including phenoxy) is 1. The fraction of sp³-hybridized carbons (Fsp3) is 0.571. The molecule has 3 N–H and O–H groups in total. The lowest BCUT2D eigenvalue weighted by molar-refractivity contribution is -0.141. The Labute approximate surface area is 315 Å². The number of methoxy groups -OCH3 is 1. The lowest BCUT2D eigenvalue weighted by Gasteiger charge is -2.35. The summed E-state index contributed by atoms with van der Waals surface area (Å²) in [6.07, 6.45) is 3.53. The maximum atomic E-state index is 14.7. The zero-order chi connectivity index (χ0) is 38.6. The van der Waals surface area contributed by atoms with E-state index in [0.29, 0.717) is 41.5 Å². The number of hydrogen-bond donors (Lipinski definition) is 3. The van der Waals surface area contributed by atoms with Crippen LogP contribution in [0.2, 0.25) is 0 Å². The molecule has 15 nitrogen and oxygen atoms in total. The zero-order valence-electron chi connectivity index (χ0n) is 30.3. The van der Waals surface area contributed by atoms with Gasteiger partial charge in [-0.3, -0.25) is 19.1 Å². The third-order valence-corrected chi connectivity index (χ3v) is 13.1. The average Bonchev–Trinajstić information content (AvgIpc) is 3.92. The number of tetrazole rings is 1. The Balaban J connectivity index is 1.24. The Kier molecular flexibility index (Phi) is 9.99. The maximum absolute atomic E-state index is 14.7. The molecule has 3 amide bonds. The third-order valence-electron chi connectivity index (χ3n) is 10.4. The van der Waals surface area contributed by atoms with Gasteiger partial charge in [-0.2, -0.15) is 4.80 Å². The number of allylic oxidation sites excluding steroid dienone is 1. The summed E-state index contributed by atoms with van der Waals surface area (Å²) in [6.45, 7) is 5.57. The molecule has 5 atom stereocenters. The molecule has 4 aliphatic rings. The smallest absolute Gasteiger partial charge is 0.259 e. The summed E-state index contributed by atoms with van der Waals surface area (Å²) in [4.78, 5) is 49.7. The number of alkyl halides is 2. The van der Waals surface area contributed by atoms with E-state index in [4.69, 9.17) is 9.72 Å². The number of amides is 3. The molecule has 3 aromatic rings. The number of thiazole rings is 1. The van der Waals surface area contributed by atoms with E-state index in [1.807, 2.05) is 43.0 Å². The number of rotatable bonds is 7. The topological polar surface area (TPSA) is 190 Å². The molecule has 3 fully saturated rings. The highest BCUT2D eigenvalue weighted by molar-refractivity contribution is 7.91. The third kappa shape index (κ3) is 7.56. The summed E-state index contributed by atoms with van der Waals surface area (Å²) in [5, 5.41) is 20.6. The van der Waals surface area contributed by atoms with Gasteiger partial charge in [-0.15, -0.1) is 21.5 Å². The molecule has 7 rings (SSSR count). The Morgan fingerprint density at radius 3 is 2.67 bits per heavy atom. The van der Waals surface area contributed by atoms with Gasteiger partial charge in [-0.1, -0.05) is 32.9 Å². The minimum atomic E-state index is -4.10. The number of sulfonamides is 1.